The summed E-state index contributed by atoms with van der Waals surface area (Å²) in [5.74, 6) is 1.45. The predicted octanol–water partition coefficient (Wildman–Crippen LogP) is 2.79. The summed E-state index contributed by atoms with van der Waals surface area (Å²) in [6.07, 6.45) is 1.74. The predicted molar refractivity (Wildman–Crippen MR) is 65.0 cm³/mol. The molecule has 15 heavy (non-hydrogen) atoms. The van der Waals surface area contributed by atoms with Gasteiger partial charge in [-0.1, -0.05) is 0 Å². The molecule has 0 aliphatic rings. The van der Waals surface area contributed by atoms with Crippen molar-refractivity contribution in [2.45, 2.75) is 6.92 Å². The Bertz CT molecular complexity index is 443. The SMILES string of the molecule is CCNc1nc(-c2cscn2)ncc1Br. The molecule has 0 radical (unpaired) electrons. The van der Waals surface area contributed by atoms with E-state index in [1.807, 2.05) is 12.3 Å². The number of halogens is 1. The maximum atomic E-state index is 4.38. The zero-order valence-electron chi connectivity index (χ0n) is 8.07. The Balaban J connectivity index is 2.38. The Hall–Kier alpha value is -1.01. The monoisotopic (exact) mass is 284 g/mol. The van der Waals surface area contributed by atoms with Gasteiger partial charge in [0, 0.05) is 18.1 Å². The minimum absolute atomic E-state index is 0.649. The van der Waals surface area contributed by atoms with Gasteiger partial charge in [-0.3, -0.25) is 0 Å². The summed E-state index contributed by atoms with van der Waals surface area (Å²) in [5.41, 5.74) is 2.58. The molecule has 1 N–H and O–H groups in total. The van der Waals surface area contributed by atoms with Gasteiger partial charge in [-0.25, -0.2) is 15.0 Å². The van der Waals surface area contributed by atoms with Gasteiger partial charge in [-0.15, -0.1) is 11.3 Å². The standard InChI is InChI=1S/C9H9BrN4S/c1-2-11-8-6(10)3-12-9(14-8)7-4-15-5-13-7/h3-5H,2H2,1H3,(H,11,12,14). The molecule has 2 rings (SSSR count). The third kappa shape index (κ3) is 2.32. The highest BCUT2D eigenvalue weighted by atomic mass is 79.9. The average Bonchev–Trinajstić information content (AvgIpc) is 2.75. The van der Waals surface area contributed by atoms with Crippen molar-refractivity contribution in [1.82, 2.24) is 15.0 Å². The van der Waals surface area contributed by atoms with E-state index in [2.05, 4.69) is 36.2 Å². The second-order valence-electron chi connectivity index (χ2n) is 2.79. The highest BCUT2D eigenvalue weighted by Gasteiger charge is 2.07. The third-order valence-corrected chi connectivity index (χ3v) is 2.92. The van der Waals surface area contributed by atoms with Crippen LogP contribution in [0.3, 0.4) is 0 Å². The van der Waals surface area contributed by atoms with Gasteiger partial charge in [0.15, 0.2) is 5.82 Å². The average molecular weight is 285 g/mol. The molecule has 4 nitrogen and oxygen atoms in total. The first-order chi connectivity index (χ1) is 7.31. The van der Waals surface area contributed by atoms with Gasteiger partial charge in [0.1, 0.15) is 11.5 Å². The molecular formula is C9H9BrN4S. The van der Waals surface area contributed by atoms with E-state index in [1.165, 1.54) is 11.3 Å². The topological polar surface area (TPSA) is 50.7 Å². The van der Waals surface area contributed by atoms with Crippen LogP contribution < -0.4 is 5.32 Å². The number of anilines is 1. The van der Waals surface area contributed by atoms with E-state index in [0.717, 1.165) is 22.5 Å². The van der Waals surface area contributed by atoms with Crippen LogP contribution in [-0.4, -0.2) is 21.5 Å². The highest BCUT2D eigenvalue weighted by Crippen LogP contribution is 2.22. The van der Waals surface area contributed by atoms with E-state index in [1.54, 1.807) is 11.7 Å². The van der Waals surface area contributed by atoms with Crippen LogP contribution in [0.25, 0.3) is 11.5 Å². The van der Waals surface area contributed by atoms with Crippen LogP contribution in [0.2, 0.25) is 0 Å². The van der Waals surface area contributed by atoms with Crippen molar-refractivity contribution >= 4 is 33.1 Å². The molecule has 0 atom stereocenters. The van der Waals surface area contributed by atoms with E-state index >= 15 is 0 Å². The van der Waals surface area contributed by atoms with E-state index in [9.17, 15) is 0 Å². The van der Waals surface area contributed by atoms with Crippen molar-refractivity contribution in [3.63, 3.8) is 0 Å². The summed E-state index contributed by atoms with van der Waals surface area (Å²) in [6.45, 7) is 2.85. The Morgan fingerprint density at radius 1 is 1.47 bits per heavy atom. The maximum Gasteiger partial charge on any atom is 0.181 e. The lowest BCUT2D eigenvalue weighted by molar-refractivity contribution is 1.09. The number of nitrogens with one attached hydrogen (secondary N) is 1. The normalized spacial score (nSPS) is 10.3. The first-order valence-electron chi connectivity index (χ1n) is 4.46. The lowest BCUT2D eigenvalue weighted by Gasteiger charge is -2.05. The number of nitrogens with zero attached hydrogens (tertiary/aromatic N) is 3. The second kappa shape index (κ2) is 4.67. The molecule has 0 aliphatic carbocycles. The van der Waals surface area contributed by atoms with Gasteiger partial charge >= 0.3 is 0 Å². The van der Waals surface area contributed by atoms with Gasteiger partial charge in [-0.05, 0) is 22.9 Å². The molecule has 0 saturated carbocycles. The van der Waals surface area contributed by atoms with E-state index in [4.69, 9.17) is 0 Å². The minimum Gasteiger partial charge on any atom is -0.369 e. The number of thiazole rings is 1. The molecule has 0 aromatic carbocycles. The van der Waals surface area contributed by atoms with Gasteiger partial charge in [-0.2, -0.15) is 0 Å². The largest absolute Gasteiger partial charge is 0.369 e. The number of rotatable bonds is 3. The lowest BCUT2D eigenvalue weighted by Crippen LogP contribution is -2.02. The third-order valence-electron chi connectivity index (χ3n) is 1.75. The molecule has 0 unspecified atom stereocenters. The number of hydrogen-bond donors (Lipinski definition) is 1. The Kier molecular flexibility index (Phi) is 3.27. The van der Waals surface area contributed by atoms with E-state index < -0.39 is 0 Å². The van der Waals surface area contributed by atoms with Gasteiger partial charge in [0.2, 0.25) is 0 Å². The fourth-order valence-electron chi connectivity index (χ4n) is 1.10. The van der Waals surface area contributed by atoms with Crippen molar-refractivity contribution in [1.29, 1.82) is 0 Å². The molecule has 2 aromatic heterocycles. The van der Waals surface area contributed by atoms with Gasteiger partial charge in [0.25, 0.3) is 0 Å². The van der Waals surface area contributed by atoms with Crippen LogP contribution in [0, 0.1) is 0 Å². The molecule has 6 heteroatoms. The summed E-state index contributed by atoms with van der Waals surface area (Å²) in [4.78, 5) is 12.8. The smallest absolute Gasteiger partial charge is 0.181 e. The van der Waals surface area contributed by atoms with Gasteiger partial charge in [0.05, 0.1) is 9.98 Å². The molecule has 78 valence electrons. The Labute approximate surface area is 99.9 Å². The second-order valence-corrected chi connectivity index (χ2v) is 4.37. The first kappa shape index (κ1) is 10.5. The highest BCUT2D eigenvalue weighted by molar-refractivity contribution is 9.10. The van der Waals surface area contributed by atoms with E-state index in [0.29, 0.717) is 5.82 Å². The molecule has 0 spiro atoms. The molecule has 0 bridgehead atoms. The van der Waals surface area contributed by atoms with Crippen molar-refractivity contribution in [3.8, 4) is 11.5 Å². The molecule has 0 amide bonds. The van der Waals surface area contributed by atoms with Crippen LogP contribution in [0.15, 0.2) is 21.6 Å². The first-order valence-corrected chi connectivity index (χ1v) is 6.20. The van der Waals surface area contributed by atoms with Crippen LogP contribution in [-0.2, 0) is 0 Å². The molecule has 0 saturated heterocycles. The number of hydrogen-bond acceptors (Lipinski definition) is 5. The van der Waals surface area contributed by atoms with E-state index in [-0.39, 0.29) is 0 Å². The lowest BCUT2D eigenvalue weighted by atomic mass is 10.4. The summed E-state index contributed by atoms with van der Waals surface area (Å²) < 4.78 is 0.864. The summed E-state index contributed by atoms with van der Waals surface area (Å²) in [7, 11) is 0. The molecule has 2 heterocycles. The molecule has 0 fully saturated rings. The zero-order chi connectivity index (χ0) is 10.7. The van der Waals surface area contributed by atoms with Crippen molar-refractivity contribution < 1.29 is 0 Å². The van der Waals surface area contributed by atoms with Crippen molar-refractivity contribution in [3.05, 3.63) is 21.6 Å². The number of aromatic nitrogens is 3. The van der Waals surface area contributed by atoms with Crippen LogP contribution in [0.5, 0.6) is 0 Å². The Morgan fingerprint density at radius 3 is 3.00 bits per heavy atom. The maximum absolute atomic E-state index is 4.38. The molecule has 2 aromatic rings. The van der Waals surface area contributed by atoms with Crippen LogP contribution >= 0.6 is 27.3 Å². The molecule has 0 aliphatic heterocycles. The van der Waals surface area contributed by atoms with Crippen molar-refractivity contribution in [2.24, 2.45) is 0 Å². The summed E-state index contributed by atoms with van der Waals surface area (Å²) >= 11 is 4.92. The van der Waals surface area contributed by atoms with Crippen LogP contribution in [0.1, 0.15) is 6.92 Å². The fraction of sp³-hybridized carbons (Fsp3) is 0.222. The fourth-order valence-corrected chi connectivity index (χ4v) is 1.97. The summed E-state index contributed by atoms with van der Waals surface area (Å²) in [6, 6.07) is 0. The summed E-state index contributed by atoms with van der Waals surface area (Å²) in [5, 5.41) is 5.09. The quantitative estimate of drug-likeness (QED) is 0.942. The molecular weight excluding hydrogens is 276 g/mol. The Morgan fingerprint density at radius 2 is 2.33 bits per heavy atom. The van der Waals surface area contributed by atoms with Crippen LogP contribution in [0.4, 0.5) is 5.82 Å². The van der Waals surface area contributed by atoms with Gasteiger partial charge < -0.3 is 5.32 Å². The zero-order valence-corrected chi connectivity index (χ0v) is 10.5. The minimum atomic E-state index is 0.649. The van der Waals surface area contributed by atoms with Crippen molar-refractivity contribution in [2.75, 3.05) is 11.9 Å².